The highest BCUT2D eigenvalue weighted by Gasteiger charge is 2.22. The molecule has 1 saturated carbocycles. The van der Waals surface area contributed by atoms with Crippen LogP contribution in [-0.4, -0.2) is 13.1 Å². The molecule has 2 rings (SSSR count). The molecule has 3 N–H and O–H groups in total. The lowest BCUT2D eigenvalue weighted by molar-refractivity contribution is 0.520. The van der Waals surface area contributed by atoms with Crippen LogP contribution in [0.25, 0.3) is 0 Å². The van der Waals surface area contributed by atoms with Gasteiger partial charge in [-0.05, 0) is 50.3 Å². The molecule has 1 fully saturated rings. The van der Waals surface area contributed by atoms with Gasteiger partial charge >= 0.3 is 0 Å². The molecule has 0 heterocycles. The number of aryl methyl sites for hydroxylation is 2. The molecular formula is C14H22N2. The van der Waals surface area contributed by atoms with Crippen LogP contribution in [0.15, 0.2) is 18.2 Å². The Labute approximate surface area is 98.2 Å². The minimum Gasteiger partial charge on any atom is -0.329 e. The molecule has 0 aliphatic heterocycles. The molecule has 1 aromatic rings. The summed E-state index contributed by atoms with van der Waals surface area (Å²) < 4.78 is 0. The Kier molecular flexibility index (Phi) is 3.62. The number of nitrogens with one attached hydrogen (secondary N) is 1. The molecule has 1 atom stereocenters. The van der Waals surface area contributed by atoms with Crippen molar-refractivity contribution >= 4 is 0 Å². The summed E-state index contributed by atoms with van der Waals surface area (Å²) in [5.41, 5.74) is 9.88. The van der Waals surface area contributed by atoms with Gasteiger partial charge in [0.25, 0.3) is 0 Å². The zero-order valence-corrected chi connectivity index (χ0v) is 10.3. The quantitative estimate of drug-likeness (QED) is 0.796. The van der Waals surface area contributed by atoms with Crippen molar-refractivity contribution in [2.75, 3.05) is 13.1 Å². The second kappa shape index (κ2) is 4.98. The van der Waals surface area contributed by atoms with Gasteiger partial charge in [-0.15, -0.1) is 0 Å². The van der Waals surface area contributed by atoms with E-state index >= 15 is 0 Å². The van der Waals surface area contributed by atoms with Gasteiger partial charge in [0, 0.05) is 12.6 Å². The van der Waals surface area contributed by atoms with E-state index in [0.29, 0.717) is 12.6 Å². The van der Waals surface area contributed by atoms with Crippen LogP contribution in [0.3, 0.4) is 0 Å². The Morgan fingerprint density at radius 2 is 2.12 bits per heavy atom. The zero-order valence-electron chi connectivity index (χ0n) is 10.3. The van der Waals surface area contributed by atoms with Crippen LogP contribution in [0.4, 0.5) is 0 Å². The summed E-state index contributed by atoms with van der Waals surface area (Å²) in [6.45, 7) is 6.10. The van der Waals surface area contributed by atoms with E-state index in [4.69, 9.17) is 5.73 Å². The fourth-order valence-electron chi connectivity index (χ4n) is 2.09. The van der Waals surface area contributed by atoms with Gasteiger partial charge in [-0.3, -0.25) is 0 Å². The maximum absolute atomic E-state index is 5.87. The number of hydrogen-bond acceptors (Lipinski definition) is 2. The SMILES string of the molecule is Cc1ccc(C)c(C(CN)NCC2CC2)c1. The zero-order chi connectivity index (χ0) is 11.5. The van der Waals surface area contributed by atoms with Crippen LogP contribution in [0.5, 0.6) is 0 Å². The van der Waals surface area contributed by atoms with Crippen LogP contribution in [0, 0.1) is 19.8 Å². The van der Waals surface area contributed by atoms with Gasteiger partial charge in [0.15, 0.2) is 0 Å². The molecule has 1 aliphatic carbocycles. The molecule has 1 unspecified atom stereocenters. The largest absolute Gasteiger partial charge is 0.329 e. The molecule has 0 amide bonds. The van der Waals surface area contributed by atoms with Crippen LogP contribution in [-0.2, 0) is 0 Å². The van der Waals surface area contributed by atoms with Gasteiger partial charge in [-0.1, -0.05) is 23.8 Å². The van der Waals surface area contributed by atoms with E-state index in [1.807, 2.05) is 0 Å². The van der Waals surface area contributed by atoms with Crippen molar-refractivity contribution < 1.29 is 0 Å². The summed E-state index contributed by atoms with van der Waals surface area (Å²) in [5.74, 6) is 0.902. The van der Waals surface area contributed by atoms with Crippen molar-refractivity contribution in [1.29, 1.82) is 0 Å². The monoisotopic (exact) mass is 218 g/mol. The summed E-state index contributed by atoms with van der Waals surface area (Å²) in [6.07, 6.45) is 2.77. The van der Waals surface area contributed by atoms with Crippen molar-refractivity contribution in [2.24, 2.45) is 11.7 Å². The molecule has 0 bridgehead atoms. The second-order valence-corrected chi connectivity index (χ2v) is 5.00. The third-order valence-electron chi connectivity index (χ3n) is 3.40. The topological polar surface area (TPSA) is 38.0 Å². The van der Waals surface area contributed by atoms with Gasteiger partial charge in [0.2, 0.25) is 0 Å². The van der Waals surface area contributed by atoms with E-state index in [0.717, 1.165) is 12.5 Å². The van der Waals surface area contributed by atoms with E-state index in [1.54, 1.807) is 0 Å². The predicted molar refractivity (Wildman–Crippen MR) is 68.4 cm³/mol. The minimum atomic E-state index is 0.320. The first-order valence-electron chi connectivity index (χ1n) is 6.21. The highest BCUT2D eigenvalue weighted by Crippen LogP contribution is 2.29. The van der Waals surface area contributed by atoms with Gasteiger partial charge in [0.05, 0.1) is 0 Å². The summed E-state index contributed by atoms with van der Waals surface area (Å²) in [6, 6.07) is 6.92. The third kappa shape index (κ3) is 2.83. The molecule has 16 heavy (non-hydrogen) atoms. The average molecular weight is 218 g/mol. The summed E-state index contributed by atoms with van der Waals surface area (Å²) in [4.78, 5) is 0. The summed E-state index contributed by atoms with van der Waals surface area (Å²) in [7, 11) is 0. The van der Waals surface area contributed by atoms with Crippen molar-refractivity contribution in [3.05, 3.63) is 34.9 Å². The summed E-state index contributed by atoms with van der Waals surface area (Å²) >= 11 is 0. The van der Waals surface area contributed by atoms with Gasteiger partial charge in [-0.25, -0.2) is 0 Å². The molecular weight excluding hydrogens is 196 g/mol. The van der Waals surface area contributed by atoms with Crippen LogP contribution < -0.4 is 11.1 Å². The van der Waals surface area contributed by atoms with Gasteiger partial charge in [0.1, 0.15) is 0 Å². The Morgan fingerprint density at radius 1 is 1.38 bits per heavy atom. The molecule has 2 heteroatoms. The number of hydrogen-bond donors (Lipinski definition) is 2. The highest BCUT2D eigenvalue weighted by molar-refractivity contribution is 5.33. The lowest BCUT2D eigenvalue weighted by Gasteiger charge is -2.20. The lowest BCUT2D eigenvalue weighted by Crippen LogP contribution is -2.30. The van der Waals surface area contributed by atoms with Gasteiger partial charge < -0.3 is 11.1 Å². The Hall–Kier alpha value is -0.860. The number of nitrogens with two attached hydrogens (primary N) is 1. The van der Waals surface area contributed by atoms with Crippen molar-refractivity contribution in [3.63, 3.8) is 0 Å². The van der Waals surface area contributed by atoms with Crippen molar-refractivity contribution in [1.82, 2.24) is 5.32 Å². The molecule has 0 saturated heterocycles. The lowest BCUT2D eigenvalue weighted by atomic mass is 9.99. The number of benzene rings is 1. The molecule has 0 aromatic heterocycles. The number of rotatable bonds is 5. The van der Waals surface area contributed by atoms with Crippen molar-refractivity contribution in [3.8, 4) is 0 Å². The first-order valence-corrected chi connectivity index (χ1v) is 6.21. The molecule has 2 nitrogen and oxygen atoms in total. The smallest absolute Gasteiger partial charge is 0.0447 e. The molecule has 0 spiro atoms. The fraction of sp³-hybridized carbons (Fsp3) is 0.571. The molecule has 0 radical (unpaired) electrons. The predicted octanol–water partition coefficient (Wildman–Crippen LogP) is 2.30. The van der Waals surface area contributed by atoms with E-state index in [1.165, 1.54) is 29.5 Å². The first-order chi connectivity index (χ1) is 7.70. The second-order valence-electron chi connectivity index (χ2n) is 5.00. The maximum atomic E-state index is 5.87. The van der Waals surface area contributed by atoms with E-state index in [-0.39, 0.29) is 0 Å². The Bertz CT molecular complexity index is 356. The van der Waals surface area contributed by atoms with E-state index < -0.39 is 0 Å². The Morgan fingerprint density at radius 3 is 2.75 bits per heavy atom. The molecule has 88 valence electrons. The van der Waals surface area contributed by atoms with E-state index in [2.05, 4.69) is 37.4 Å². The van der Waals surface area contributed by atoms with Crippen LogP contribution >= 0.6 is 0 Å². The average Bonchev–Trinajstić information content (AvgIpc) is 3.07. The highest BCUT2D eigenvalue weighted by atomic mass is 14.9. The van der Waals surface area contributed by atoms with Crippen LogP contribution in [0.2, 0.25) is 0 Å². The van der Waals surface area contributed by atoms with Crippen molar-refractivity contribution in [2.45, 2.75) is 32.7 Å². The van der Waals surface area contributed by atoms with Gasteiger partial charge in [-0.2, -0.15) is 0 Å². The Balaban J connectivity index is 2.07. The van der Waals surface area contributed by atoms with Crippen LogP contribution in [0.1, 0.15) is 35.6 Å². The third-order valence-corrected chi connectivity index (χ3v) is 3.40. The fourth-order valence-corrected chi connectivity index (χ4v) is 2.09. The summed E-state index contributed by atoms with van der Waals surface area (Å²) in [5, 5.41) is 3.59. The normalized spacial score (nSPS) is 17.4. The molecule has 1 aromatic carbocycles. The standard InChI is InChI=1S/C14H22N2/c1-10-3-4-11(2)13(7-10)14(8-15)16-9-12-5-6-12/h3-4,7,12,14,16H,5-6,8-9,15H2,1-2H3. The minimum absolute atomic E-state index is 0.320. The first kappa shape index (κ1) is 11.6. The molecule has 1 aliphatic rings. The van der Waals surface area contributed by atoms with E-state index in [9.17, 15) is 0 Å². The maximum Gasteiger partial charge on any atom is 0.0447 e.